The average molecular weight is 258 g/mol. The van der Waals surface area contributed by atoms with Crippen LogP contribution < -0.4 is 10.6 Å². The molecule has 0 bridgehead atoms. The number of anilines is 2. The lowest BCUT2D eigenvalue weighted by molar-refractivity contribution is -0.117. The molecular weight excluding hydrogens is 243 g/mol. The molecule has 0 spiro atoms. The zero-order valence-electron chi connectivity index (χ0n) is 10.6. The maximum absolute atomic E-state index is 13.5. The summed E-state index contributed by atoms with van der Waals surface area (Å²) in [6.45, 7) is 0. The van der Waals surface area contributed by atoms with Gasteiger partial charge >= 0.3 is 0 Å². The highest BCUT2D eigenvalue weighted by atomic mass is 19.1. The molecule has 4 heteroatoms. The van der Waals surface area contributed by atoms with Crippen LogP contribution in [0.4, 0.5) is 15.8 Å². The zero-order chi connectivity index (χ0) is 13.8. The van der Waals surface area contributed by atoms with Gasteiger partial charge in [-0.2, -0.15) is 0 Å². The van der Waals surface area contributed by atoms with E-state index in [1.165, 1.54) is 11.0 Å². The molecule has 0 fully saturated rings. The third kappa shape index (κ3) is 3.10. The molecule has 0 unspecified atom stereocenters. The number of amides is 1. The van der Waals surface area contributed by atoms with Gasteiger partial charge in [0.05, 0.1) is 6.42 Å². The fraction of sp³-hybridized carbons (Fsp3) is 0.133. The molecule has 0 aliphatic carbocycles. The van der Waals surface area contributed by atoms with E-state index in [4.69, 9.17) is 5.73 Å². The summed E-state index contributed by atoms with van der Waals surface area (Å²) in [7, 11) is 1.66. The van der Waals surface area contributed by atoms with E-state index in [0.717, 1.165) is 5.69 Å². The molecule has 0 saturated carbocycles. The number of likely N-dealkylation sites (N-methyl/N-ethyl adjacent to an activating group) is 1. The van der Waals surface area contributed by atoms with Crippen LogP contribution in [0.3, 0.4) is 0 Å². The molecule has 0 saturated heterocycles. The van der Waals surface area contributed by atoms with Crippen molar-refractivity contribution in [3.63, 3.8) is 0 Å². The Morgan fingerprint density at radius 3 is 2.42 bits per heavy atom. The Kier molecular flexibility index (Phi) is 3.80. The van der Waals surface area contributed by atoms with E-state index in [0.29, 0.717) is 11.3 Å². The summed E-state index contributed by atoms with van der Waals surface area (Å²) in [5.41, 5.74) is 7.36. The molecule has 2 aromatic carbocycles. The highest BCUT2D eigenvalue weighted by Crippen LogP contribution is 2.16. The molecule has 0 radical (unpaired) electrons. The normalized spacial score (nSPS) is 10.2. The summed E-state index contributed by atoms with van der Waals surface area (Å²) in [5, 5.41) is 0. The summed E-state index contributed by atoms with van der Waals surface area (Å²) < 4.78 is 13.5. The van der Waals surface area contributed by atoms with Crippen molar-refractivity contribution in [3.05, 3.63) is 59.9 Å². The van der Waals surface area contributed by atoms with E-state index in [1.807, 2.05) is 0 Å². The van der Waals surface area contributed by atoms with Gasteiger partial charge in [-0.15, -0.1) is 0 Å². The van der Waals surface area contributed by atoms with Gasteiger partial charge in [0, 0.05) is 18.4 Å². The predicted molar refractivity (Wildman–Crippen MR) is 74.4 cm³/mol. The van der Waals surface area contributed by atoms with Crippen LogP contribution in [0.5, 0.6) is 0 Å². The first-order valence-corrected chi connectivity index (χ1v) is 5.93. The van der Waals surface area contributed by atoms with Gasteiger partial charge in [0.1, 0.15) is 5.82 Å². The van der Waals surface area contributed by atoms with Crippen LogP contribution in [-0.4, -0.2) is 13.0 Å². The van der Waals surface area contributed by atoms with Crippen LogP contribution in [0.2, 0.25) is 0 Å². The Hall–Kier alpha value is -2.36. The summed E-state index contributed by atoms with van der Waals surface area (Å²) in [5.74, 6) is -0.531. The quantitative estimate of drug-likeness (QED) is 0.860. The number of hydrogen-bond donors (Lipinski definition) is 1. The molecule has 0 heterocycles. The number of nitrogens with zero attached hydrogens (tertiary/aromatic N) is 1. The topological polar surface area (TPSA) is 46.3 Å². The minimum atomic E-state index is -0.360. The Balaban J connectivity index is 2.12. The second-order valence-corrected chi connectivity index (χ2v) is 4.31. The number of carbonyl (C=O) groups is 1. The minimum Gasteiger partial charge on any atom is -0.399 e. The van der Waals surface area contributed by atoms with Gasteiger partial charge in [0.15, 0.2) is 0 Å². The van der Waals surface area contributed by atoms with Crippen LogP contribution >= 0.6 is 0 Å². The van der Waals surface area contributed by atoms with E-state index in [1.54, 1.807) is 49.5 Å². The largest absolute Gasteiger partial charge is 0.399 e. The summed E-state index contributed by atoms with van der Waals surface area (Å²) >= 11 is 0. The van der Waals surface area contributed by atoms with Crippen LogP contribution in [0.25, 0.3) is 0 Å². The monoisotopic (exact) mass is 258 g/mol. The first-order valence-electron chi connectivity index (χ1n) is 5.93. The highest BCUT2D eigenvalue weighted by molar-refractivity contribution is 5.94. The first kappa shape index (κ1) is 13.1. The fourth-order valence-electron chi connectivity index (χ4n) is 1.77. The number of rotatable bonds is 3. The van der Waals surface area contributed by atoms with E-state index >= 15 is 0 Å². The number of hydrogen-bond acceptors (Lipinski definition) is 2. The van der Waals surface area contributed by atoms with E-state index < -0.39 is 0 Å². The van der Waals surface area contributed by atoms with Crippen molar-refractivity contribution in [2.45, 2.75) is 6.42 Å². The number of benzene rings is 2. The Labute approximate surface area is 111 Å². The molecule has 19 heavy (non-hydrogen) atoms. The standard InChI is InChI=1S/C15H15FN2O/c1-18(13-8-6-12(17)7-9-13)15(19)10-11-4-2-3-5-14(11)16/h2-9H,10,17H2,1H3. The van der Waals surface area contributed by atoms with Crippen LogP contribution in [0.1, 0.15) is 5.56 Å². The summed E-state index contributed by atoms with van der Waals surface area (Å²) in [6, 6.07) is 13.3. The van der Waals surface area contributed by atoms with Crippen molar-refractivity contribution >= 4 is 17.3 Å². The maximum atomic E-state index is 13.5. The van der Waals surface area contributed by atoms with Gasteiger partial charge in [-0.25, -0.2) is 4.39 Å². The van der Waals surface area contributed by atoms with Crippen LogP contribution in [-0.2, 0) is 11.2 Å². The smallest absolute Gasteiger partial charge is 0.231 e. The average Bonchev–Trinajstić information content (AvgIpc) is 2.41. The second kappa shape index (κ2) is 5.52. The van der Waals surface area contributed by atoms with E-state index in [-0.39, 0.29) is 18.1 Å². The Morgan fingerprint density at radius 2 is 1.79 bits per heavy atom. The van der Waals surface area contributed by atoms with Gasteiger partial charge in [0.25, 0.3) is 0 Å². The molecule has 2 N–H and O–H groups in total. The number of nitrogens with two attached hydrogens (primary N) is 1. The molecule has 0 aromatic heterocycles. The molecule has 1 amide bonds. The lowest BCUT2D eigenvalue weighted by atomic mass is 10.1. The molecule has 2 aromatic rings. The molecule has 0 aliphatic heterocycles. The van der Waals surface area contributed by atoms with Crippen molar-refractivity contribution < 1.29 is 9.18 Å². The van der Waals surface area contributed by atoms with Gasteiger partial charge < -0.3 is 10.6 Å². The lowest BCUT2D eigenvalue weighted by Crippen LogP contribution is -2.28. The Morgan fingerprint density at radius 1 is 1.16 bits per heavy atom. The van der Waals surface area contributed by atoms with Crippen LogP contribution in [0, 0.1) is 5.82 Å². The van der Waals surface area contributed by atoms with E-state index in [9.17, 15) is 9.18 Å². The van der Waals surface area contributed by atoms with Crippen molar-refractivity contribution in [2.24, 2.45) is 0 Å². The molecule has 0 atom stereocenters. The van der Waals surface area contributed by atoms with Gasteiger partial charge in [-0.1, -0.05) is 18.2 Å². The van der Waals surface area contributed by atoms with Crippen molar-refractivity contribution in [1.82, 2.24) is 0 Å². The van der Waals surface area contributed by atoms with Crippen LogP contribution in [0.15, 0.2) is 48.5 Å². The fourth-order valence-corrected chi connectivity index (χ4v) is 1.77. The second-order valence-electron chi connectivity index (χ2n) is 4.31. The van der Waals surface area contributed by atoms with Crippen molar-refractivity contribution in [1.29, 1.82) is 0 Å². The first-order chi connectivity index (χ1) is 9.08. The molecule has 0 aliphatic rings. The zero-order valence-corrected chi connectivity index (χ0v) is 10.6. The lowest BCUT2D eigenvalue weighted by Gasteiger charge is -2.17. The summed E-state index contributed by atoms with van der Waals surface area (Å²) in [4.78, 5) is 13.6. The third-order valence-electron chi connectivity index (χ3n) is 2.95. The Bertz CT molecular complexity index is 581. The molecule has 2 rings (SSSR count). The van der Waals surface area contributed by atoms with Gasteiger partial charge in [-0.3, -0.25) is 4.79 Å². The number of nitrogen functional groups attached to an aromatic ring is 1. The molecule has 3 nitrogen and oxygen atoms in total. The maximum Gasteiger partial charge on any atom is 0.231 e. The number of halogens is 1. The SMILES string of the molecule is CN(C(=O)Cc1ccccc1F)c1ccc(N)cc1. The van der Waals surface area contributed by atoms with Crippen molar-refractivity contribution in [2.75, 3.05) is 17.7 Å². The number of carbonyl (C=O) groups excluding carboxylic acids is 1. The van der Waals surface area contributed by atoms with Crippen molar-refractivity contribution in [3.8, 4) is 0 Å². The third-order valence-corrected chi connectivity index (χ3v) is 2.95. The molecule has 98 valence electrons. The highest BCUT2D eigenvalue weighted by Gasteiger charge is 2.13. The molecular formula is C15H15FN2O. The minimum absolute atomic E-state index is 0.0353. The summed E-state index contributed by atoms with van der Waals surface area (Å²) in [6.07, 6.45) is 0.0353. The van der Waals surface area contributed by atoms with Gasteiger partial charge in [-0.05, 0) is 35.9 Å². The van der Waals surface area contributed by atoms with Gasteiger partial charge in [0.2, 0.25) is 5.91 Å². The van der Waals surface area contributed by atoms with E-state index in [2.05, 4.69) is 0 Å². The predicted octanol–water partition coefficient (Wildman–Crippen LogP) is 2.61.